The fourth-order valence-corrected chi connectivity index (χ4v) is 2.26. The summed E-state index contributed by atoms with van der Waals surface area (Å²) in [7, 11) is 0. The number of hydrogen-bond acceptors (Lipinski definition) is 2. The second kappa shape index (κ2) is 7.53. The minimum Gasteiger partial charge on any atom is -0.322 e. The van der Waals surface area contributed by atoms with Crippen molar-refractivity contribution in [1.82, 2.24) is 5.32 Å². The van der Waals surface area contributed by atoms with Crippen LogP contribution in [-0.4, -0.2) is 11.9 Å². The molecule has 0 aromatic heterocycles. The zero-order valence-corrected chi connectivity index (χ0v) is 13.5. The van der Waals surface area contributed by atoms with Crippen LogP contribution in [0.1, 0.15) is 25.5 Å². The van der Waals surface area contributed by atoms with Gasteiger partial charge in [-0.05, 0) is 43.7 Å². The molecule has 3 nitrogen and oxygen atoms in total. The molecule has 23 heavy (non-hydrogen) atoms. The molecular formula is C17H17ClF2N2O. The van der Waals surface area contributed by atoms with Crippen molar-refractivity contribution in [2.24, 2.45) is 0 Å². The van der Waals surface area contributed by atoms with Crippen molar-refractivity contribution in [3.63, 3.8) is 0 Å². The first-order valence-electron chi connectivity index (χ1n) is 7.14. The molecule has 0 radical (unpaired) electrons. The Morgan fingerprint density at radius 1 is 1.09 bits per heavy atom. The number of benzene rings is 2. The van der Waals surface area contributed by atoms with Gasteiger partial charge in [-0.25, -0.2) is 8.78 Å². The Bertz CT molecular complexity index is 691. The van der Waals surface area contributed by atoms with Crippen molar-refractivity contribution in [3.05, 3.63) is 64.7 Å². The molecule has 6 heteroatoms. The van der Waals surface area contributed by atoms with Crippen molar-refractivity contribution < 1.29 is 13.6 Å². The summed E-state index contributed by atoms with van der Waals surface area (Å²) in [5.74, 6) is -1.91. The summed E-state index contributed by atoms with van der Waals surface area (Å²) < 4.78 is 26.4. The van der Waals surface area contributed by atoms with Crippen LogP contribution in [0.3, 0.4) is 0 Å². The molecule has 2 rings (SSSR count). The molecule has 0 aliphatic rings. The van der Waals surface area contributed by atoms with E-state index in [9.17, 15) is 13.6 Å². The molecule has 0 aliphatic heterocycles. The van der Waals surface area contributed by atoms with Crippen molar-refractivity contribution in [2.45, 2.75) is 25.9 Å². The lowest BCUT2D eigenvalue weighted by Crippen LogP contribution is -2.39. The number of halogens is 3. The van der Waals surface area contributed by atoms with E-state index >= 15 is 0 Å². The molecule has 0 heterocycles. The van der Waals surface area contributed by atoms with E-state index in [2.05, 4.69) is 10.6 Å². The van der Waals surface area contributed by atoms with E-state index in [1.807, 2.05) is 19.1 Å². The molecule has 0 saturated heterocycles. The Morgan fingerprint density at radius 2 is 1.74 bits per heavy atom. The maximum atomic E-state index is 13.6. The molecule has 0 bridgehead atoms. The van der Waals surface area contributed by atoms with Gasteiger partial charge in [-0.15, -0.1) is 0 Å². The van der Waals surface area contributed by atoms with Gasteiger partial charge in [0.1, 0.15) is 11.6 Å². The summed E-state index contributed by atoms with van der Waals surface area (Å²) in [6.07, 6.45) is 0. The van der Waals surface area contributed by atoms with E-state index in [-0.39, 0.29) is 11.7 Å². The largest absolute Gasteiger partial charge is 0.322 e. The molecule has 2 atom stereocenters. The van der Waals surface area contributed by atoms with Crippen LogP contribution in [0, 0.1) is 11.6 Å². The van der Waals surface area contributed by atoms with E-state index in [0.717, 1.165) is 17.7 Å². The molecule has 0 fully saturated rings. The summed E-state index contributed by atoms with van der Waals surface area (Å²) in [6.45, 7) is 3.58. The van der Waals surface area contributed by atoms with Gasteiger partial charge in [0.15, 0.2) is 0 Å². The lowest BCUT2D eigenvalue weighted by atomic mass is 10.1. The summed E-state index contributed by atoms with van der Waals surface area (Å²) in [5, 5.41) is 6.19. The molecule has 2 aromatic carbocycles. The highest BCUT2D eigenvalue weighted by atomic mass is 35.5. The average Bonchev–Trinajstić information content (AvgIpc) is 2.50. The van der Waals surface area contributed by atoms with Crippen LogP contribution >= 0.6 is 11.6 Å². The quantitative estimate of drug-likeness (QED) is 0.853. The van der Waals surface area contributed by atoms with Gasteiger partial charge in [-0.1, -0.05) is 23.7 Å². The van der Waals surface area contributed by atoms with Gasteiger partial charge in [0.2, 0.25) is 5.91 Å². The second-order valence-corrected chi connectivity index (χ2v) is 5.71. The first kappa shape index (κ1) is 17.4. The minimum atomic E-state index is -0.809. The lowest BCUT2D eigenvalue weighted by molar-refractivity contribution is -0.118. The maximum Gasteiger partial charge on any atom is 0.241 e. The van der Waals surface area contributed by atoms with Gasteiger partial charge in [0.05, 0.1) is 11.7 Å². The van der Waals surface area contributed by atoms with E-state index in [1.165, 1.54) is 6.07 Å². The molecule has 0 aliphatic carbocycles. The normalized spacial score (nSPS) is 13.4. The standard InChI is InChI=1S/C17H17ClF2N2O/c1-10(12-3-5-13(18)6-4-12)21-11(2)17(23)22-16-8-7-14(19)9-15(16)20/h3-11,21H,1-2H3,(H,22,23). The number of carbonyl (C=O) groups is 1. The Morgan fingerprint density at radius 3 is 2.35 bits per heavy atom. The van der Waals surface area contributed by atoms with Crippen LogP contribution < -0.4 is 10.6 Å². The minimum absolute atomic E-state index is 0.0517. The third-order valence-corrected chi connectivity index (χ3v) is 3.70. The van der Waals surface area contributed by atoms with Crippen LogP contribution in [0.15, 0.2) is 42.5 Å². The maximum absolute atomic E-state index is 13.6. The monoisotopic (exact) mass is 338 g/mol. The fourth-order valence-electron chi connectivity index (χ4n) is 2.13. The number of carbonyl (C=O) groups excluding carboxylic acids is 1. The van der Waals surface area contributed by atoms with Gasteiger partial charge in [0, 0.05) is 17.1 Å². The Kier molecular flexibility index (Phi) is 5.69. The molecule has 2 unspecified atom stereocenters. The average molecular weight is 339 g/mol. The van der Waals surface area contributed by atoms with Crippen LogP contribution in [0.25, 0.3) is 0 Å². The van der Waals surface area contributed by atoms with Gasteiger partial charge < -0.3 is 5.32 Å². The fraction of sp³-hybridized carbons (Fsp3) is 0.235. The molecule has 2 N–H and O–H groups in total. The number of nitrogens with one attached hydrogen (secondary N) is 2. The van der Waals surface area contributed by atoms with Crippen molar-refractivity contribution in [2.75, 3.05) is 5.32 Å². The predicted octanol–water partition coefficient (Wildman–Crippen LogP) is 4.30. The predicted molar refractivity (Wildman–Crippen MR) is 87.5 cm³/mol. The first-order chi connectivity index (χ1) is 10.9. The first-order valence-corrected chi connectivity index (χ1v) is 7.52. The molecular weight excluding hydrogens is 322 g/mol. The summed E-state index contributed by atoms with van der Waals surface area (Å²) in [5.41, 5.74) is 0.922. The topological polar surface area (TPSA) is 41.1 Å². The third-order valence-electron chi connectivity index (χ3n) is 3.45. The molecule has 0 spiro atoms. The summed E-state index contributed by atoms with van der Waals surface area (Å²) in [4.78, 5) is 12.1. The van der Waals surface area contributed by atoms with Crippen molar-refractivity contribution in [3.8, 4) is 0 Å². The van der Waals surface area contributed by atoms with Crippen LogP contribution in [-0.2, 0) is 4.79 Å². The van der Waals surface area contributed by atoms with Crippen molar-refractivity contribution in [1.29, 1.82) is 0 Å². The zero-order chi connectivity index (χ0) is 17.0. The van der Waals surface area contributed by atoms with E-state index in [0.29, 0.717) is 5.02 Å². The van der Waals surface area contributed by atoms with Crippen LogP contribution in [0.2, 0.25) is 5.02 Å². The number of rotatable bonds is 5. The van der Waals surface area contributed by atoms with Crippen LogP contribution in [0.5, 0.6) is 0 Å². The van der Waals surface area contributed by atoms with Gasteiger partial charge >= 0.3 is 0 Å². The van der Waals surface area contributed by atoms with E-state index in [4.69, 9.17) is 11.6 Å². The second-order valence-electron chi connectivity index (χ2n) is 5.28. The highest BCUT2D eigenvalue weighted by Crippen LogP contribution is 2.18. The highest BCUT2D eigenvalue weighted by Gasteiger charge is 2.17. The summed E-state index contributed by atoms with van der Waals surface area (Å²) in [6, 6.07) is 9.63. The SMILES string of the molecule is CC(NC(C)c1ccc(Cl)cc1)C(=O)Nc1ccc(F)cc1F. The van der Waals surface area contributed by atoms with Gasteiger partial charge in [-0.2, -0.15) is 0 Å². The Balaban J connectivity index is 1.98. The zero-order valence-electron chi connectivity index (χ0n) is 12.7. The van der Waals surface area contributed by atoms with Gasteiger partial charge in [-0.3, -0.25) is 10.1 Å². The molecule has 2 aromatic rings. The van der Waals surface area contributed by atoms with E-state index < -0.39 is 23.6 Å². The van der Waals surface area contributed by atoms with Crippen molar-refractivity contribution >= 4 is 23.2 Å². The Hall–Kier alpha value is -1.98. The van der Waals surface area contributed by atoms with Gasteiger partial charge in [0.25, 0.3) is 0 Å². The molecule has 1 amide bonds. The lowest BCUT2D eigenvalue weighted by Gasteiger charge is -2.20. The van der Waals surface area contributed by atoms with E-state index in [1.54, 1.807) is 19.1 Å². The number of hydrogen-bond donors (Lipinski definition) is 2. The number of amides is 1. The Labute approximate surface area is 138 Å². The van der Waals surface area contributed by atoms with Crippen LogP contribution in [0.4, 0.5) is 14.5 Å². The highest BCUT2D eigenvalue weighted by molar-refractivity contribution is 6.30. The molecule has 0 saturated carbocycles. The smallest absolute Gasteiger partial charge is 0.241 e. The summed E-state index contributed by atoms with van der Waals surface area (Å²) >= 11 is 5.84. The molecule has 122 valence electrons. The third kappa shape index (κ3) is 4.74. The number of anilines is 1.